The van der Waals surface area contributed by atoms with Crippen molar-refractivity contribution in [3.63, 3.8) is 0 Å². The SMILES string of the molecule is COc1cc(C)cc(OC)c1C(CCCN)CC1CCCCCC1. The number of nitrogens with two attached hydrogens (primary N) is 1. The zero-order valence-electron chi connectivity index (χ0n) is 15.8. The molecule has 2 rings (SSSR count). The van der Waals surface area contributed by atoms with Crippen molar-refractivity contribution in [2.45, 2.75) is 70.6 Å². The highest BCUT2D eigenvalue weighted by atomic mass is 16.5. The normalized spacial score (nSPS) is 17.3. The second-order valence-corrected chi connectivity index (χ2v) is 7.30. The molecule has 2 N–H and O–H groups in total. The minimum Gasteiger partial charge on any atom is -0.496 e. The van der Waals surface area contributed by atoms with E-state index in [1.54, 1.807) is 14.2 Å². The Balaban J connectivity index is 2.28. The van der Waals surface area contributed by atoms with E-state index in [-0.39, 0.29) is 0 Å². The monoisotopic (exact) mass is 333 g/mol. The fourth-order valence-electron chi connectivity index (χ4n) is 4.22. The van der Waals surface area contributed by atoms with Crippen LogP contribution >= 0.6 is 0 Å². The quantitative estimate of drug-likeness (QED) is 0.665. The Morgan fingerprint density at radius 1 is 1.04 bits per heavy atom. The van der Waals surface area contributed by atoms with E-state index in [0.717, 1.165) is 36.8 Å². The van der Waals surface area contributed by atoms with E-state index < -0.39 is 0 Å². The van der Waals surface area contributed by atoms with Gasteiger partial charge in [0, 0.05) is 5.56 Å². The fourth-order valence-corrected chi connectivity index (χ4v) is 4.22. The van der Waals surface area contributed by atoms with E-state index >= 15 is 0 Å². The van der Waals surface area contributed by atoms with Gasteiger partial charge in [-0.05, 0) is 62.3 Å². The first-order valence-electron chi connectivity index (χ1n) is 9.62. The van der Waals surface area contributed by atoms with Crippen LogP contribution in [0.2, 0.25) is 0 Å². The number of rotatable bonds is 8. The standard InChI is InChI=1S/C21H35NO2/c1-16-13-19(23-2)21(20(14-16)24-3)18(11-8-12-22)15-17-9-6-4-5-7-10-17/h13-14,17-18H,4-12,15,22H2,1-3H3. The number of hydrogen-bond acceptors (Lipinski definition) is 3. The minimum atomic E-state index is 0.474. The summed E-state index contributed by atoms with van der Waals surface area (Å²) in [6, 6.07) is 4.28. The lowest BCUT2D eigenvalue weighted by Gasteiger charge is -2.26. The molecule has 136 valence electrons. The van der Waals surface area contributed by atoms with Crippen LogP contribution < -0.4 is 15.2 Å². The van der Waals surface area contributed by atoms with Gasteiger partial charge in [-0.25, -0.2) is 0 Å². The molecule has 1 aromatic carbocycles. The summed E-state index contributed by atoms with van der Waals surface area (Å²) >= 11 is 0. The lowest BCUT2D eigenvalue weighted by molar-refractivity contribution is 0.342. The zero-order valence-corrected chi connectivity index (χ0v) is 15.8. The largest absolute Gasteiger partial charge is 0.496 e. The lowest BCUT2D eigenvalue weighted by Crippen LogP contribution is -2.12. The van der Waals surface area contributed by atoms with Gasteiger partial charge in [-0.1, -0.05) is 38.5 Å². The van der Waals surface area contributed by atoms with Gasteiger partial charge in [-0.15, -0.1) is 0 Å². The molecule has 1 fully saturated rings. The third-order valence-corrected chi connectivity index (χ3v) is 5.45. The van der Waals surface area contributed by atoms with Crippen molar-refractivity contribution in [1.29, 1.82) is 0 Å². The highest BCUT2D eigenvalue weighted by Crippen LogP contribution is 2.43. The topological polar surface area (TPSA) is 44.5 Å². The molecule has 1 aliphatic rings. The summed E-state index contributed by atoms with van der Waals surface area (Å²) < 4.78 is 11.5. The van der Waals surface area contributed by atoms with Crippen LogP contribution in [-0.2, 0) is 0 Å². The van der Waals surface area contributed by atoms with Crippen molar-refractivity contribution in [2.75, 3.05) is 20.8 Å². The van der Waals surface area contributed by atoms with Crippen molar-refractivity contribution in [3.8, 4) is 11.5 Å². The first kappa shape index (κ1) is 19.1. The maximum Gasteiger partial charge on any atom is 0.126 e. The predicted octanol–water partition coefficient (Wildman–Crippen LogP) is 5.20. The van der Waals surface area contributed by atoms with Crippen molar-refractivity contribution in [3.05, 3.63) is 23.3 Å². The highest BCUT2D eigenvalue weighted by molar-refractivity contribution is 5.50. The zero-order chi connectivity index (χ0) is 17.4. The van der Waals surface area contributed by atoms with E-state index in [4.69, 9.17) is 15.2 Å². The number of benzene rings is 1. The molecule has 1 atom stereocenters. The van der Waals surface area contributed by atoms with Gasteiger partial charge in [0.05, 0.1) is 14.2 Å². The molecule has 0 aromatic heterocycles. The summed E-state index contributed by atoms with van der Waals surface area (Å²) in [5, 5.41) is 0. The average Bonchev–Trinajstić information content (AvgIpc) is 2.86. The summed E-state index contributed by atoms with van der Waals surface area (Å²) in [4.78, 5) is 0. The highest BCUT2D eigenvalue weighted by Gasteiger charge is 2.25. The molecule has 1 unspecified atom stereocenters. The van der Waals surface area contributed by atoms with Crippen LogP contribution in [0.15, 0.2) is 12.1 Å². The molecule has 1 aliphatic carbocycles. The van der Waals surface area contributed by atoms with Gasteiger partial charge in [-0.3, -0.25) is 0 Å². The first-order valence-corrected chi connectivity index (χ1v) is 9.62. The molecule has 1 aromatic rings. The van der Waals surface area contributed by atoms with Gasteiger partial charge < -0.3 is 15.2 Å². The summed E-state index contributed by atoms with van der Waals surface area (Å²) in [5.74, 6) is 3.25. The van der Waals surface area contributed by atoms with Crippen molar-refractivity contribution in [2.24, 2.45) is 11.7 Å². The predicted molar refractivity (Wildman–Crippen MR) is 101 cm³/mol. The molecule has 0 aliphatic heterocycles. The first-order chi connectivity index (χ1) is 11.7. The Bertz CT molecular complexity index is 468. The van der Waals surface area contributed by atoms with Crippen molar-refractivity contribution >= 4 is 0 Å². The molecular formula is C21H35NO2. The summed E-state index contributed by atoms with van der Waals surface area (Å²) in [5.41, 5.74) is 8.25. The minimum absolute atomic E-state index is 0.474. The summed E-state index contributed by atoms with van der Waals surface area (Å²) in [6.45, 7) is 2.84. The van der Waals surface area contributed by atoms with Gasteiger partial charge >= 0.3 is 0 Å². The molecule has 3 nitrogen and oxygen atoms in total. The number of hydrogen-bond donors (Lipinski definition) is 1. The summed E-state index contributed by atoms with van der Waals surface area (Å²) in [6.07, 6.45) is 11.7. The van der Waals surface area contributed by atoms with Gasteiger partial charge in [-0.2, -0.15) is 0 Å². The van der Waals surface area contributed by atoms with E-state index in [2.05, 4.69) is 19.1 Å². The molecule has 0 spiro atoms. The molecular weight excluding hydrogens is 298 g/mol. The van der Waals surface area contributed by atoms with Crippen molar-refractivity contribution < 1.29 is 9.47 Å². The lowest BCUT2D eigenvalue weighted by atomic mass is 9.81. The van der Waals surface area contributed by atoms with Crippen LogP contribution in [0.5, 0.6) is 11.5 Å². The van der Waals surface area contributed by atoms with E-state index in [0.29, 0.717) is 5.92 Å². The van der Waals surface area contributed by atoms with E-state index in [9.17, 15) is 0 Å². The number of methoxy groups -OCH3 is 2. The molecule has 0 radical (unpaired) electrons. The molecule has 3 heteroatoms. The maximum atomic E-state index is 5.82. The molecule has 0 amide bonds. The van der Waals surface area contributed by atoms with Crippen molar-refractivity contribution in [1.82, 2.24) is 0 Å². The van der Waals surface area contributed by atoms with Crippen LogP contribution in [0.25, 0.3) is 0 Å². The third kappa shape index (κ3) is 5.14. The van der Waals surface area contributed by atoms with Gasteiger partial charge in [0.1, 0.15) is 11.5 Å². The number of aryl methyl sites for hydroxylation is 1. The van der Waals surface area contributed by atoms with Crippen LogP contribution in [0.1, 0.15) is 74.8 Å². The molecule has 0 heterocycles. The van der Waals surface area contributed by atoms with Gasteiger partial charge in [0.15, 0.2) is 0 Å². The molecule has 0 bridgehead atoms. The van der Waals surface area contributed by atoms with Crippen LogP contribution in [-0.4, -0.2) is 20.8 Å². The van der Waals surface area contributed by atoms with Crippen LogP contribution in [0.3, 0.4) is 0 Å². The Kier molecular flexibility index (Phi) is 7.90. The smallest absolute Gasteiger partial charge is 0.126 e. The third-order valence-electron chi connectivity index (χ3n) is 5.45. The van der Waals surface area contributed by atoms with Crippen LogP contribution in [0.4, 0.5) is 0 Å². The van der Waals surface area contributed by atoms with Gasteiger partial charge in [0.25, 0.3) is 0 Å². The Hall–Kier alpha value is -1.22. The Labute approximate surface area is 147 Å². The van der Waals surface area contributed by atoms with Gasteiger partial charge in [0.2, 0.25) is 0 Å². The van der Waals surface area contributed by atoms with Crippen LogP contribution in [0, 0.1) is 12.8 Å². The van der Waals surface area contributed by atoms with E-state index in [1.165, 1.54) is 56.1 Å². The second kappa shape index (κ2) is 9.93. The fraction of sp³-hybridized carbons (Fsp3) is 0.714. The second-order valence-electron chi connectivity index (χ2n) is 7.30. The molecule has 24 heavy (non-hydrogen) atoms. The molecule has 1 saturated carbocycles. The average molecular weight is 334 g/mol. The summed E-state index contributed by atoms with van der Waals surface area (Å²) in [7, 11) is 3.53. The Morgan fingerprint density at radius 2 is 1.62 bits per heavy atom. The van der Waals surface area contributed by atoms with E-state index in [1.807, 2.05) is 0 Å². The Morgan fingerprint density at radius 3 is 2.12 bits per heavy atom. The number of ether oxygens (including phenoxy) is 2. The molecule has 0 saturated heterocycles. The maximum absolute atomic E-state index is 5.82.